The van der Waals surface area contributed by atoms with Gasteiger partial charge in [0.1, 0.15) is 0 Å². The fourth-order valence-electron chi connectivity index (χ4n) is 1.17. The van der Waals surface area contributed by atoms with Crippen LogP contribution in [0.1, 0.15) is 34.1 Å². The summed E-state index contributed by atoms with van der Waals surface area (Å²) in [4.78, 5) is 0.0254. The first-order chi connectivity index (χ1) is 8.46. The SMILES string of the molecule is C=C(C)S(=O)(=O)NC(C)C/C=C/S(=O)(=O)NC(C)C. The van der Waals surface area contributed by atoms with E-state index < -0.39 is 26.1 Å². The van der Waals surface area contributed by atoms with E-state index in [1.165, 1.54) is 13.0 Å². The third kappa shape index (κ3) is 8.14. The molecule has 0 aromatic carbocycles. The van der Waals surface area contributed by atoms with Crippen molar-refractivity contribution < 1.29 is 16.8 Å². The molecule has 0 aliphatic carbocycles. The van der Waals surface area contributed by atoms with Crippen LogP contribution in [0.15, 0.2) is 23.0 Å². The Bertz CT molecular complexity index is 533. The van der Waals surface area contributed by atoms with Crippen LogP contribution < -0.4 is 9.44 Å². The van der Waals surface area contributed by atoms with Crippen LogP contribution in [0.5, 0.6) is 0 Å². The molecule has 0 heterocycles. The third-order valence-corrected chi connectivity index (χ3v) is 4.96. The molecule has 0 spiro atoms. The van der Waals surface area contributed by atoms with Crippen molar-refractivity contribution in [3.63, 3.8) is 0 Å². The van der Waals surface area contributed by atoms with Gasteiger partial charge in [0.2, 0.25) is 20.0 Å². The van der Waals surface area contributed by atoms with Crippen molar-refractivity contribution in [2.75, 3.05) is 0 Å². The normalized spacial score (nSPS) is 15.0. The van der Waals surface area contributed by atoms with Gasteiger partial charge in [-0.25, -0.2) is 26.3 Å². The Kier molecular flexibility index (Phi) is 6.92. The molecule has 1 atom stereocenters. The molecule has 0 aliphatic rings. The van der Waals surface area contributed by atoms with Gasteiger partial charge in [0.05, 0.1) is 0 Å². The Hall–Kier alpha value is -0.700. The highest BCUT2D eigenvalue weighted by molar-refractivity contribution is 7.93. The number of hydrogen-bond donors (Lipinski definition) is 2. The van der Waals surface area contributed by atoms with E-state index in [-0.39, 0.29) is 17.4 Å². The van der Waals surface area contributed by atoms with Gasteiger partial charge in [0.15, 0.2) is 0 Å². The molecule has 0 rings (SSSR count). The number of hydrogen-bond acceptors (Lipinski definition) is 4. The summed E-state index contributed by atoms with van der Waals surface area (Å²) in [7, 11) is -6.99. The van der Waals surface area contributed by atoms with Crippen molar-refractivity contribution in [1.29, 1.82) is 0 Å². The van der Waals surface area contributed by atoms with Gasteiger partial charge in [0, 0.05) is 22.4 Å². The predicted octanol–water partition coefficient (Wildman–Crippen LogP) is 1.06. The van der Waals surface area contributed by atoms with Gasteiger partial charge in [0.25, 0.3) is 0 Å². The minimum absolute atomic E-state index is 0.0254. The highest BCUT2D eigenvalue weighted by atomic mass is 32.2. The van der Waals surface area contributed by atoms with Gasteiger partial charge < -0.3 is 0 Å². The topological polar surface area (TPSA) is 92.3 Å². The Labute approximate surface area is 116 Å². The van der Waals surface area contributed by atoms with Crippen molar-refractivity contribution in [3.8, 4) is 0 Å². The van der Waals surface area contributed by atoms with Crippen molar-refractivity contribution in [3.05, 3.63) is 23.0 Å². The van der Waals surface area contributed by atoms with E-state index in [2.05, 4.69) is 16.0 Å². The standard InChI is InChI=1S/C11H22N2O4S2/c1-9(2)12-18(14,15)8-6-7-11(5)13-19(16,17)10(3)4/h6,8-9,11-13H,3,7H2,1-2,4-5H3/b8-6+. The minimum Gasteiger partial charge on any atom is -0.209 e. The summed E-state index contributed by atoms with van der Waals surface area (Å²) in [6, 6.07) is -0.596. The molecule has 0 fully saturated rings. The van der Waals surface area contributed by atoms with Crippen molar-refractivity contribution >= 4 is 20.0 Å². The molecule has 0 radical (unpaired) electrons. The van der Waals surface area contributed by atoms with Crippen molar-refractivity contribution in [2.24, 2.45) is 0 Å². The van der Waals surface area contributed by atoms with Crippen LogP contribution in [0.25, 0.3) is 0 Å². The van der Waals surface area contributed by atoms with E-state index in [9.17, 15) is 16.8 Å². The molecule has 112 valence electrons. The van der Waals surface area contributed by atoms with Crippen LogP contribution in [0.2, 0.25) is 0 Å². The number of sulfonamides is 2. The molecule has 0 saturated carbocycles. The van der Waals surface area contributed by atoms with Crippen LogP contribution in [0.3, 0.4) is 0 Å². The lowest BCUT2D eigenvalue weighted by Gasteiger charge is -2.12. The van der Waals surface area contributed by atoms with Crippen LogP contribution >= 0.6 is 0 Å². The summed E-state index contributed by atoms with van der Waals surface area (Å²) in [5.74, 6) is 0. The average molecular weight is 310 g/mol. The largest absolute Gasteiger partial charge is 0.236 e. The smallest absolute Gasteiger partial charge is 0.209 e. The van der Waals surface area contributed by atoms with Gasteiger partial charge in [-0.1, -0.05) is 12.7 Å². The second kappa shape index (κ2) is 7.18. The molecule has 1 unspecified atom stereocenters. The van der Waals surface area contributed by atoms with E-state index in [1.807, 2.05) is 0 Å². The summed E-state index contributed by atoms with van der Waals surface area (Å²) in [5.41, 5.74) is 0. The molecular formula is C11H22N2O4S2. The Morgan fingerprint density at radius 2 is 1.68 bits per heavy atom. The molecule has 8 heteroatoms. The first-order valence-electron chi connectivity index (χ1n) is 5.83. The van der Waals surface area contributed by atoms with Gasteiger partial charge in [-0.15, -0.1) is 0 Å². The molecule has 6 nitrogen and oxygen atoms in total. The molecule has 0 amide bonds. The maximum absolute atomic E-state index is 11.5. The number of nitrogens with one attached hydrogen (secondary N) is 2. The Balaban J connectivity index is 4.47. The lowest BCUT2D eigenvalue weighted by atomic mass is 10.3. The van der Waals surface area contributed by atoms with Crippen LogP contribution in [-0.4, -0.2) is 28.9 Å². The van der Waals surface area contributed by atoms with Gasteiger partial charge >= 0.3 is 0 Å². The summed E-state index contributed by atoms with van der Waals surface area (Å²) >= 11 is 0. The summed E-state index contributed by atoms with van der Waals surface area (Å²) < 4.78 is 50.7. The molecule has 0 bridgehead atoms. The molecular weight excluding hydrogens is 288 g/mol. The van der Waals surface area contributed by atoms with Crippen LogP contribution in [0.4, 0.5) is 0 Å². The average Bonchev–Trinajstić information content (AvgIpc) is 2.13. The maximum atomic E-state index is 11.5. The van der Waals surface area contributed by atoms with Crippen molar-refractivity contribution in [1.82, 2.24) is 9.44 Å². The van der Waals surface area contributed by atoms with Gasteiger partial charge in [-0.3, -0.25) is 0 Å². The first-order valence-corrected chi connectivity index (χ1v) is 8.86. The fourth-order valence-corrected chi connectivity index (χ4v) is 3.09. The number of allylic oxidation sites excluding steroid dienone is 1. The molecule has 0 aromatic rings. The summed E-state index contributed by atoms with van der Waals surface area (Å²) in [6.45, 7) is 9.83. The second-order valence-corrected chi connectivity index (χ2v) is 8.19. The molecule has 0 saturated heterocycles. The monoisotopic (exact) mass is 310 g/mol. The highest BCUT2D eigenvalue weighted by Crippen LogP contribution is 2.03. The zero-order chi connectivity index (χ0) is 15.3. The second-order valence-electron chi connectivity index (χ2n) is 4.65. The zero-order valence-electron chi connectivity index (χ0n) is 11.7. The molecule has 0 aliphatic heterocycles. The lowest BCUT2D eigenvalue weighted by molar-refractivity contribution is 0.568. The Morgan fingerprint density at radius 1 is 1.16 bits per heavy atom. The van der Waals surface area contributed by atoms with Gasteiger partial charge in [-0.05, 0) is 34.1 Å². The quantitative estimate of drug-likeness (QED) is 0.701. The molecule has 19 heavy (non-hydrogen) atoms. The van der Waals surface area contributed by atoms with E-state index in [1.54, 1.807) is 20.8 Å². The van der Waals surface area contributed by atoms with E-state index in [0.717, 1.165) is 5.41 Å². The predicted molar refractivity (Wildman–Crippen MR) is 77.3 cm³/mol. The maximum Gasteiger partial charge on any atom is 0.236 e. The molecule has 0 aromatic heterocycles. The zero-order valence-corrected chi connectivity index (χ0v) is 13.3. The van der Waals surface area contributed by atoms with Crippen molar-refractivity contribution in [2.45, 2.75) is 46.2 Å². The summed E-state index contributed by atoms with van der Waals surface area (Å²) in [5, 5.41) is 1.04. The van der Waals surface area contributed by atoms with Gasteiger partial charge in [-0.2, -0.15) is 0 Å². The first kappa shape index (κ1) is 18.3. The Morgan fingerprint density at radius 3 is 2.11 bits per heavy atom. The minimum atomic E-state index is -3.53. The highest BCUT2D eigenvalue weighted by Gasteiger charge is 2.14. The molecule has 2 N–H and O–H groups in total. The lowest BCUT2D eigenvalue weighted by Crippen LogP contribution is -2.32. The van der Waals surface area contributed by atoms with E-state index in [4.69, 9.17) is 0 Å². The van der Waals surface area contributed by atoms with Crippen LogP contribution in [-0.2, 0) is 20.0 Å². The van der Waals surface area contributed by atoms with E-state index >= 15 is 0 Å². The van der Waals surface area contributed by atoms with E-state index in [0.29, 0.717) is 0 Å². The third-order valence-electron chi connectivity index (χ3n) is 1.98. The van der Waals surface area contributed by atoms with Crippen LogP contribution in [0, 0.1) is 0 Å². The number of rotatable bonds is 8. The summed E-state index contributed by atoms with van der Waals surface area (Å²) in [6.07, 6.45) is 1.68. The fraction of sp³-hybridized carbons (Fsp3) is 0.636.